The molecule has 2 aromatic rings. The first-order chi connectivity index (χ1) is 8.04. The fourth-order valence-corrected chi connectivity index (χ4v) is 2.17. The van der Waals surface area contributed by atoms with Crippen molar-refractivity contribution in [3.8, 4) is 17.3 Å². The van der Waals surface area contributed by atoms with Crippen LogP contribution in [0.4, 0.5) is 0 Å². The molecule has 1 heterocycles. The average molecular weight is 224 g/mol. The van der Waals surface area contributed by atoms with Crippen LogP contribution in [0.5, 0.6) is 0 Å². The van der Waals surface area contributed by atoms with Crippen LogP contribution in [0.25, 0.3) is 11.3 Å². The fourth-order valence-electron chi connectivity index (χ4n) is 2.17. The second-order valence-corrected chi connectivity index (χ2v) is 4.52. The molecule has 86 valence electrons. The quantitative estimate of drug-likeness (QED) is 0.729. The largest absolute Gasteiger partial charge is 0.347 e. The molecule has 0 aliphatic heterocycles. The van der Waals surface area contributed by atoms with Crippen LogP contribution in [0.15, 0.2) is 24.3 Å². The predicted molar refractivity (Wildman–Crippen MR) is 69.8 cm³/mol. The summed E-state index contributed by atoms with van der Waals surface area (Å²) in [5.41, 5.74) is 6.58. The first-order valence-electron chi connectivity index (χ1n) is 5.68. The molecule has 0 aliphatic rings. The van der Waals surface area contributed by atoms with Crippen LogP contribution < -0.4 is 0 Å². The van der Waals surface area contributed by atoms with E-state index >= 15 is 0 Å². The Morgan fingerprint density at radius 3 is 2.35 bits per heavy atom. The Morgan fingerprint density at radius 2 is 1.82 bits per heavy atom. The smallest absolute Gasteiger partial charge is 0.101 e. The molecule has 0 fully saturated rings. The second kappa shape index (κ2) is 4.10. The van der Waals surface area contributed by atoms with Crippen molar-refractivity contribution < 1.29 is 0 Å². The van der Waals surface area contributed by atoms with Crippen LogP contribution in [0.1, 0.15) is 22.4 Å². The van der Waals surface area contributed by atoms with Gasteiger partial charge in [0.1, 0.15) is 6.07 Å². The molecule has 0 unspecified atom stereocenters. The van der Waals surface area contributed by atoms with Crippen molar-refractivity contribution in [3.05, 3.63) is 46.6 Å². The molecule has 0 saturated heterocycles. The minimum absolute atomic E-state index is 0.752. The zero-order valence-electron chi connectivity index (χ0n) is 10.7. The summed E-state index contributed by atoms with van der Waals surface area (Å²) in [5, 5.41) is 9.05. The summed E-state index contributed by atoms with van der Waals surface area (Å²) < 4.78 is 2.08. The minimum Gasteiger partial charge on any atom is -0.347 e. The lowest BCUT2D eigenvalue weighted by Crippen LogP contribution is -1.95. The predicted octanol–water partition coefficient (Wildman–Crippen LogP) is 3.49. The van der Waals surface area contributed by atoms with Gasteiger partial charge in [0.05, 0.1) is 5.56 Å². The van der Waals surface area contributed by atoms with Gasteiger partial charge < -0.3 is 4.57 Å². The Labute approximate surface area is 102 Å². The normalized spacial score (nSPS) is 10.3. The maximum absolute atomic E-state index is 9.05. The second-order valence-electron chi connectivity index (χ2n) is 4.52. The molecule has 0 N–H and O–H groups in total. The Hall–Kier alpha value is -2.01. The van der Waals surface area contributed by atoms with Gasteiger partial charge in [0.15, 0.2) is 0 Å². The topological polar surface area (TPSA) is 28.7 Å². The molecule has 1 aromatic carbocycles. The van der Waals surface area contributed by atoms with E-state index in [-0.39, 0.29) is 0 Å². The molecule has 0 aliphatic carbocycles. The highest BCUT2D eigenvalue weighted by Crippen LogP contribution is 2.27. The third kappa shape index (κ3) is 1.85. The van der Waals surface area contributed by atoms with Crippen LogP contribution in [-0.4, -0.2) is 4.57 Å². The van der Waals surface area contributed by atoms with Gasteiger partial charge in [-0.15, -0.1) is 0 Å². The van der Waals surface area contributed by atoms with E-state index in [1.165, 1.54) is 16.7 Å². The van der Waals surface area contributed by atoms with Crippen molar-refractivity contribution in [3.63, 3.8) is 0 Å². The SMILES string of the molecule is Cc1ccc(-c2cc(C#N)c(C)n2C)c(C)c1. The summed E-state index contributed by atoms with van der Waals surface area (Å²) in [5.74, 6) is 0. The Balaban J connectivity index is 2.65. The van der Waals surface area contributed by atoms with E-state index in [0.29, 0.717) is 0 Å². The average Bonchev–Trinajstić information content (AvgIpc) is 2.57. The van der Waals surface area contributed by atoms with Gasteiger partial charge >= 0.3 is 0 Å². The van der Waals surface area contributed by atoms with Crippen molar-refractivity contribution >= 4 is 0 Å². The molecule has 2 nitrogen and oxygen atoms in total. The van der Waals surface area contributed by atoms with Crippen molar-refractivity contribution in [1.29, 1.82) is 5.26 Å². The van der Waals surface area contributed by atoms with Gasteiger partial charge in [-0.3, -0.25) is 0 Å². The molecule has 0 saturated carbocycles. The number of hydrogen-bond donors (Lipinski definition) is 0. The summed E-state index contributed by atoms with van der Waals surface area (Å²) in [6.45, 7) is 6.18. The third-order valence-electron chi connectivity index (χ3n) is 3.31. The van der Waals surface area contributed by atoms with Crippen molar-refractivity contribution in [1.82, 2.24) is 4.57 Å². The van der Waals surface area contributed by atoms with E-state index in [0.717, 1.165) is 17.0 Å². The van der Waals surface area contributed by atoms with E-state index < -0.39 is 0 Å². The lowest BCUT2D eigenvalue weighted by atomic mass is 10.0. The maximum Gasteiger partial charge on any atom is 0.101 e. The molecule has 0 amide bonds. The van der Waals surface area contributed by atoms with Crippen molar-refractivity contribution in [2.75, 3.05) is 0 Å². The van der Waals surface area contributed by atoms with Crippen LogP contribution in [0.2, 0.25) is 0 Å². The highest BCUT2D eigenvalue weighted by atomic mass is 15.0. The monoisotopic (exact) mass is 224 g/mol. The summed E-state index contributed by atoms with van der Waals surface area (Å²) >= 11 is 0. The molecule has 0 bridgehead atoms. The zero-order chi connectivity index (χ0) is 12.6. The number of nitriles is 1. The number of nitrogens with zero attached hydrogens (tertiary/aromatic N) is 2. The lowest BCUT2D eigenvalue weighted by molar-refractivity contribution is 0.887. The number of hydrogen-bond acceptors (Lipinski definition) is 1. The molecule has 0 spiro atoms. The van der Waals surface area contributed by atoms with E-state index in [9.17, 15) is 0 Å². The fraction of sp³-hybridized carbons (Fsp3) is 0.267. The number of aromatic nitrogens is 1. The molecule has 2 heteroatoms. The van der Waals surface area contributed by atoms with Gasteiger partial charge in [-0.25, -0.2) is 0 Å². The highest BCUT2D eigenvalue weighted by Gasteiger charge is 2.11. The van der Waals surface area contributed by atoms with Crippen molar-refractivity contribution in [2.24, 2.45) is 7.05 Å². The Kier molecular flexibility index (Phi) is 2.77. The molecule has 2 rings (SSSR count). The molecule has 17 heavy (non-hydrogen) atoms. The van der Waals surface area contributed by atoms with Crippen LogP contribution in [0, 0.1) is 32.1 Å². The number of aryl methyl sites for hydroxylation is 2. The molecule has 0 atom stereocenters. The van der Waals surface area contributed by atoms with Gasteiger partial charge in [0.25, 0.3) is 0 Å². The first kappa shape index (κ1) is 11.5. The molecular weight excluding hydrogens is 208 g/mol. The van der Waals surface area contributed by atoms with E-state index in [1.54, 1.807) is 0 Å². The van der Waals surface area contributed by atoms with Gasteiger partial charge in [-0.2, -0.15) is 5.26 Å². The minimum atomic E-state index is 0.752. The van der Waals surface area contributed by atoms with Gasteiger partial charge in [-0.1, -0.05) is 23.8 Å². The summed E-state index contributed by atoms with van der Waals surface area (Å²) in [6.07, 6.45) is 0. The Morgan fingerprint density at radius 1 is 1.12 bits per heavy atom. The first-order valence-corrected chi connectivity index (χ1v) is 5.68. The number of rotatable bonds is 1. The summed E-state index contributed by atoms with van der Waals surface area (Å²) in [4.78, 5) is 0. The summed E-state index contributed by atoms with van der Waals surface area (Å²) in [7, 11) is 2.00. The van der Waals surface area contributed by atoms with Gasteiger partial charge in [0.2, 0.25) is 0 Å². The van der Waals surface area contributed by atoms with E-state index in [2.05, 4.69) is 42.7 Å². The van der Waals surface area contributed by atoms with Crippen LogP contribution in [0.3, 0.4) is 0 Å². The summed E-state index contributed by atoms with van der Waals surface area (Å²) in [6, 6.07) is 10.6. The number of benzene rings is 1. The van der Waals surface area contributed by atoms with Gasteiger partial charge in [-0.05, 0) is 32.4 Å². The van der Waals surface area contributed by atoms with Gasteiger partial charge in [0, 0.05) is 24.0 Å². The third-order valence-corrected chi connectivity index (χ3v) is 3.31. The standard InChI is InChI=1S/C15H16N2/c1-10-5-6-14(11(2)7-10)15-8-13(9-16)12(3)17(15)4/h5-8H,1-4H3. The Bertz CT molecular complexity index is 613. The van der Waals surface area contributed by atoms with E-state index in [1.807, 2.05) is 20.0 Å². The lowest BCUT2D eigenvalue weighted by Gasteiger charge is -2.09. The zero-order valence-corrected chi connectivity index (χ0v) is 10.7. The maximum atomic E-state index is 9.05. The van der Waals surface area contributed by atoms with E-state index in [4.69, 9.17) is 5.26 Å². The molecule has 0 radical (unpaired) electrons. The van der Waals surface area contributed by atoms with Crippen molar-refractivity contribution in [2.45, 2.75) is 20.8 Å². The van der Waals surface area contributed by atoms with Crippen LogP contribution >= 0.6 is 0 Å². The highest BCUT2D eigenvalue weighted by molar-refractivity contribution is 5.67. The van der Waals surface area contributed by atoms with Crippen LogP contribution in [-0.2, 0) is 7.05 Å². The molecular formula is C15H16N2. The molecule has 1 aromatic heterocycles.